The molecule has 0 fully saturated rings. The lowest BCUT2D eigenvalue weighted by Gasteiger charge is -2.35. The first-order valence-electron chi connectivity index (χ1n) is 6.57. The van der Waals surface area contributed by atoms with Crippen molar-refractivity contribution >= 4 is 0 Å². The van der Waals surface area contributed by atoms with Crippen LogP contribution in [0.15, 0.2) is 0 Å². The van der Waals surface area contributed by atoms with E-state index in [1.54, 1.807) is 0 Å². The third kappa shape index (κ3) is 5.52. The third-order valence-corrected chi connectivity index (χ3v) is 3.71. The molecule has 3 unspecified atom stereocenters. The van der Waals surface area contributed by atoms with Gasteiger partial charge < -0.3 is 10.2 Å². The van der Waals surface area contributed by atoms with Crippen LogP contribution in [0.1, 0.15) is 47.5 Å². The minimum Gasteiger partial charge on any atom is -0.303 e. The van der Waals surface area contributed by atoms with E-state index in [0.717, 1.165) is 6.42 Å². The Labute approximate surface area is 107 Å². The number of hydrogen-bond acceptors (Lipinski definition) is 3. The van der Waals surface area contributed by atoms with Gasteiger partial charge in [-0.15, -0.1) is 0 Å². The molecule has 1 N–H and O–H groups in total. The maximum atomic E-state index is 9.17. The third-order valence-electron chi connectivity index (χ3n) is 3.71. The zero-order valence-electron chi connectivity index (χ0n) is 12.5. The summed E-state index contributed by atoms with van der Waals surface area (Å²) < 4.78 is 0. The molecule has 0 aromatic carbocycles. The highest BCUT2D eigenvalue weighted by atomic mass is 15.2. The second-order valence-corrected chi connectivity index (χ2v) is 5.89. The molecule has 0 heterocycles. The summed E-state index contributed by atoms with van der Waals surface area (Å²) in [5, 5.41) is 12.3. The van der Waals surface area contributed by atoms with E-state index in [9.17, 15) is 0 Å². The van der Waals surface area contributed by atoms with Gasteiger partial charge in [-0.25, -0.2) is 0 Å². The monoisotopic (exact) mass is 239 g/mol. The van der Waals surface area contributed by atoms with E-state index in [1.807, 2.05) is 14.0 Å². The summed E-state index contributed by atoms with van der Waals surface area (Å²) in [6.45, 7) is 10.9. The predicted molar refractivity (Wildman–Crippen MR) is 73.8 cm³/mol. The fourth-order valence-electron chi connectivity index (χ4n) is 2.22. The molecule has 0 aliphatic carbocycles. The van der Waals surface area contributed by atoms with Gasteiger partial charge in [-0.3, -0.25) is 0 Å². The molecule has 0 aliphatic rings. The molecule has 0 rings (SSSR count). The summed E-state index contributed by atoms with van der Waals surface area (Å²) in [6, 6.07) is 3.32. The Hall–Kier alpha value is -0.590. The molecule has 100 valence electrons. The summed E-state index contributed by atoms with van der Waals surface area (Å²) in [6.07, 6.45) is 2.04. The van der Waals surface area contributed by atoms with E-state index in [4.69, 9.17) is 5.26 Å². The van der Waals surface area contributed by atoms with Gasteiger partial charge in [-0.2, -0.15) is 5.26 Å². The lowest BCUT2D eigenvalue weighted by Crippen LogP contribution is -2.47. The van der Waals surface area contributed by atoms with Crippen LogP contribution < -0.4 is 5.32 Å². The van der Waals surface area contributed by atoms with Gasteiger partial charge >= 0.3 is 0 Å². The van der Waals surface area contributed by atoms with Crippen LogP contribution in [-0.4, -0.2) is 36.6 Å². The fourth-order valence-corrected chi connectivity index (χ4v) is 2.22. The number of nitrogens with one attached hydrogen (secondary N) is 1. The Kier molecular flexibility index (Phi) is 6.74. The average molecular weight is 239 g/mol. The van der Waals surface area contributed by atoms with Gasteiger partial charge in [0.05, 0.1) is 6.07 Å². The van der Waals surface area contributed by atoms with Crippen molar-refractivity contribution in [3.8, 4) is 6.07 Å². The van der Waals surface area contributed by atoms with Gasteiger partial charge in [0.2, 0.25) is 0 Å². The molecule has 0 amide bonds. The van der Waals surface area contributed by atoms with E-state index in [0.29, 0.717) is 18.0 Å². The zero-order chi connectivity index (χ0) is 13.6. The molecule has 0 aromatic heterocycles. The summed E-state index contributed by atoms with van der Waals surface area (Å²) in [5.41, 5.74) is -0.425. The highest BCUT2D eigenvalue weighted by Crippen LogP contribution is 2.18. The Balaban J connectivity index is 4.41. The van der Waals surface area contributed by atoms with Gasteiger partial charge in [0, 0.05) is 12.1 Å². The van der Waals surface area contributed by atoms with Gasteiger partial charge in [0.25, 0.3) is 0 Å². The quantitative estimate of drug-likeness (QED) is 0.742. The number of hydrogen-bond donors (Lipinski definition) is 1. The predicted octanol–water partition coefficient (Wildman–Crippen LogP) is 2.63. The molecule has 0 bridgehead atoms. The Morgan fingerprint density at radius 1 is 1.24 bits per heavy atom. The molecule has 0 saturated heterocycles. The molecule has 0 saturated carbocycles. The maximum Gasteiger partial charge on any atom is 0.105 e. The van der Waals surface area contributed by atoms with Crippen molar-refractivity contribution < 1.29 is 0 Å². The topological polar surface area (TPSA) is 39.1 Å². The number of nitrogens with zero attached hydrogens (tertiary/aromatic N) is 2. The highest BCUT2D eigenvalue weighted by Gasteiger charge is 2.27. The largest absolute Gasteiger partial charge is 0.303 e. The van der Waals surface area contributed by atoms with E-state index in [1.165, 1.54) is 6.42 Å². The van der Waals surface area contributed by atoms with Gasteiger partial charge in [-0.05, 0) is 53.6 Å². The van der Waals surface area contributed by atoms with Crippen molar-refractivity contribution in [3.05, 3.63) is 0 Å². The lowest BCUT2D eigenvalue weighted by molar-refractivity contribution is 0.152. The second-order valence-electron chi connectivity index (χ2n) is 5.89. The van der Waals surface area contributed by atoms with E-state index >= 15 is 0 Å². The van der Waals surface area contributed by atoms with Crippen LogP contribution in [0, 0.1) is 17.2 Å². The summed E-state index contributed by atoms with van der Waals surface area (Å²) >= 11 is 0. The van der Waals surface area contributed by atoms with Crippen molar-refractivity contribution in [3.63, 3.8) is 0 Å². The van der Waals surface area contributed by atoms with Crippen molar-refractivity contribution in [2.75, 3.05) is 14.1 Å². The van der Waals surface area contributed by atoms with Crippen molar-refractivity contribution in [2.45, 2.75) is 65.1 Å². The minimum atomic E-state index is -0.425. The molecule has 3 heteroatoms. The van der Waals surface area contributed by atoms with Crippen LogP contribution in [0.5, 0.6) is 0 Å². The zero-order valence-corrected chi connectivity index (χ0v) is 12.5. The maximum absolute atomic E-state index is 9.17. The van der Waals surface area contributed by atoms with Gasteiger partial charge in [-0.1, -0.05) is 13.8 Å². The molecule has 3 nitrogen and oxygen atoms in total. The summed E-state index contributed by atoms with van der Waals surface area (Å²) in [4.78, 5) is 2.38. The van der Waals surface area contributed by atoms with Crippen LogP contribution in [-0.2, 0) is 0 Å². The first kappa shape index (κ1) is 16.4. The molecule has 0 aliphatic heterocycles. The van der Waals surface area contributed by atoms with Gasteiger partial charge in [0.1, 0.15) is 5.54 Å². The SMILES string of the molecule is CNC(C)(C#N)CC(C)N(C)C(C)CC(C)C. The first-order valence-corrected chi connectivity index (χ1v) is 6.57. The molecule has 0 aromatic rings. The van der Waals surface area contributed by atoms with E-state index in [-0.39, 0.29) is 0 Å². The molecule has 0 radical (unpaired) electrons. The van der Waals surface area contributed by atoms with Crippen LogP contribution in [0.3, 0.4) is 0 Å². The number of rotatable bonds is 7. The van der Waals surface area contributed by atoms with Crippen LogP contribution in [0.2, 0.25) is 0 Å². The molecular formula is C14H29N3. The molecule has 17 heavy (non-hydrogen) atoms. The smallest absolute Gasteiger partial charge is 0.105 e. The van der Waals surface area contributed by atoms with Crippen molar-refractivity contribution in [2.24, 2.45) is 5.92 Å². The molecule has 3 atom stereocenters. The first-order chi connectivity index (χ1) is 7.75. The van der Waals surface area contributed by atoms with E-state index in [2.05, 4.69) is 51.0 Å². The summed E-state index contributed by atoms with van der Waals surface area (Å²) in [7, 11) is 4.01. The lowest BCUT2D eigenvalue weighted by atomic mass is 9.93. The van der Waals surface area contributed by atoms with Crippen molar-refractivity contribution in [1.82, 2.24) is 10.2 Å². The average Bonchev–Trinajstić information content (AvgIpc) is 2.26. The minimum absolute atomic E-state index is 0.404. The van der Waals surface area contributed by atoms with Crippen LogP contribution in [0.25, 0.3) is 0 Å². The van der Waals surface area contributed by atoms with E-state index < -0.39 is 5.54 Å². The Morgan fingerprint density at radius 3 is 2.12 bits per heavy atom. The normalized spacial score (nSPS) is 18.8. The second kappa shape index (κ2) is 6.98. The highest BCUT2D eigenvalue weighted by molar-refractivity contribution is 5.04. The summed E-state index contributed by atoms with van der Waals surface area (Å²) in [5.74, 6) is 0.714. The Bertz CT molecular complexity index is 257. The van der Waals surface area contributed by atoms with Crippen LogP contribution >= 0.6 is 0 Å². The molecular weight excluding hydrogens is 210 g/mol. The standard InChI is InChI=1S/C14H29N3/c1-11(2)8-12(3)17(7)13(4)9-14(5,10-15)16-6/h11-13,16H,8-9H2,1-7H3. The van der Waals surface area contributed by atoms with Crippen molar-refractivity contribution in [1.29, 1.82) is 5.26 Å². The number of nitriles is 1. The van der Waals surface area contributed by atoms with Gasteiger partial charge in [0.15, 0.2) is 0 Å². The van der Waals surface area contributed by atoms with Crippen LogP contribution in [0.4, 0.5) is 0 Å². The molecule has 0 spiro atoms. The Morgan fingerprint density at radius 2 is 1.76 bits per heavy atom. The fraction of sp³-hybridized carbons (Fsp3) is 0.929.